The molecule has 2 nitrogen and oxygen atoms in total. The molecule has 0 spiro atoms. The van der Waals surface area contributed by atoms with Gasteiger partial charge >= 0.3 is 0 Å². The number of hydrogen-bond donors (Lipinski definition) is 0. The summed E-state index contributed by atoms with van der Waals surface area (Å²) in [6.45, 7) is 6.70. The van der Waals surface area contributed by atoms with Gasteiger partial charge in [0, 0.05) is 16.9 Å². The molecule has 0 radical (unpaired) electrons. The minimum absolute atomic E-state index is 0.285. The smallest absolute Gasteiger partial charge is 0.0630 e. The quantitative estimate of drug-likeness (QED) is 0.582. The maximum absolute atomic E-state index is 4.76. The fourth-order valence-corrected chi connectivity index (χ4v) is 4.28. The van der Waals surface area contributed by atoms with Crippen LogP contribution in [0.5, 0.6) is 0 Å². The lowest BCUT2D eigenvalue weighted by Gasteiger charge is -2.27. The zero-order chi connectivity index (χ0) is 13.6. The number of nitrogens with zero attached hydrogens (tertiary/aromatic N) is 2. The Balaban J connectivity index is 2.79. The van der Waals surface area contributed by atoms with E-state index in [1.54, 1.807) is 0 Å². The normalized spacial score (nSPS) is 12.3. The van der Waals surface area contributed by atoms with E-state index in [2.05, 4.69) is 69.6 Å². The van der Waals surface area contributed by atoms with E-state index in [1.807, 2.05) is 0 Å². The Morgan fingerprint density at radius 2 is 1.83 bits per heavy atom. The number of alkyl halides is 2. The van der Waals surface area contributed by atoms with Crippen molar-refractivity contribution in [1.29, 1.82) is 0 Å². The maximum Gasteiger partial charge on any atom is 0.0630 e. The van der Waals surface area contributed by atoms with Crippen LogP contribution in [0.2, 0.25) is 0 Å². The second-order valence-corrected chi connectivity index (χ2v) is 6.18. The first-order valence-corrected chi connectivity index (χ1v) is 9.05. The van der Waals surface area contributed by atoms with Crippen LogP contribution in [0.3, 0.4) is 0 Å². The molecule has 0 bridgehead atoms. The first kappa shape index (κ1) is 16.2. The largest absolute Gasteiger partial charge is 0.269 e. The molecule has 0 unspecified atom stereocenters. The standard InChI is InChI=1S/C14H24Br2N2/c1-4-13(5-2)18-8-7-12(17-18)9-14(6-3,10-15)11-16/h7-8,13H,4-6,9-11H2,1-3H3. The molecule has 1 aromatic heterocycles. The van der Waals surface area contributed by atoms with Crippen molar-refractivity contribution in [2.45, 2.75) is 52.5 Å². The molecule has 0 amide bonds. The fraction of sp³-hybridized carbons (Fsp3) is 0.786. The first-order valence-electron chi connectivity index (χ1n) is 6.80. The van der Waals surface area contributed by atoms with Crippen LogP contribution in [0.25, 0.3) is 0 Å². The van der Waals surface area contributed by atoms with Gasteiger partial charge in [0.15, 0.2) is 0 Å². The van der Waals surface area contributed by atoms with Crippen LogP contribution in [0.1, 0.15) is 51.8 Å². The van der Waals surface area contributed by atoms with Crippen LogP contribution in [-0.2, 0) is 6.42 Å². The van der Waals surface area contributed by atoms with E-state index < -0.39 is 0 Å². The van der Waals surface area contributed by atoms with Crippen molar-refractivity contribution >= 4 is 31.9 Å². The molecule has 0 N–H and O–H groups in total. The number of rotatable bonds is 8. The number of hydrogen-bond acceptors (Lipinski definition) is 1. The molecule has 0 aromatic carbocycles. The lowest BCUT2D eigenvalue weighted by molar-refractivity contribution is 0.362. The topological polar surface area (TPSA) is 17.8 Å². The first-order chi connectivity index (χ1) is 8.64. The van der Waals surface area contributed by atoms with E-state index in [-0.39, 0.29) is 5.41 Å². The minimum Gasteiger partial charge on any atom is -0.269 e. The van der Waals surface area contributed by atoms with Gasteiger partial charge in [0.05, 0.1) is 11.7 Å². The van der Waals surface area contributed by atoms with E-state index in [0.717, 1.165) is 36.3 Å². The second-order valence-electron chi connectivity index (χ2n) is 5.05. The fourth-order valence-electron chi connectivity index (χ4n) is 2.17. The van der Waals surface area contributed by atoms with Gasteiger partial charge in [-0.2, -0.15) is 5.10 Å². The SMILES string of the molecule is CCC(CC)n1ccc(CC(CC)(CBr)CBr)n1. The van der Waals surface area contributed by atoms with Gasteiger partial charge in [-0.3, -0.25) is 4.68 Å². The Labute approximate surface area is 128 Å². The van der Waals surface area contributed by atoms with E-state index in [9.17, 15) is 0 Å². The van der Waals surface area contributed by atoms with Gasteiger partial charge in [0.2, 0.25) is 0 Å². The summed E-state index contributed by atoms with van der Waals surface area (Å²) in [7, 11) is 0. The summed E-state index contributed by atoms with van der Waals surface area (Å²) in [6.07, 6.45) is 6.62. The number of aromatic nitrogens is 2. The molecule has 1 aromatic rings. The number of halogens is 2. The van der Waals surface area contributed by atoms with Crippen LogP contribution in [0.4, 0.5) is 0 Å². The Kier molecular flexibility index (Phi) is 6.93. The molecule has 0 atom stereocenters. The van der Waals surface area contributed by atoms with Crippen molar-refractivity contribution in [2.24, 2.45) is 5.41 Å². The molecule has 104 valence electrons. The van der Waals surface area contributed by atoms with E-state index in [0.29, 0.717) is 6.04 Å². The van der Waals surface area contributed by atoms with E-state index >= 15 is 0 Å². The molecule has 0 aliphatic rings. The summed E-state index contributed by atoms with van der Waals surface area (Å²) in [4.78, 5) is 0. The highest BCUT2D eigenvalue weighted by Gasteiger charge is 2.27. The van der Waals surface area contributed by atoms with Gasteiger partial charge in [0.1, 0.15) is 0 Å². The summed E-state index contributed by atoms with van der Waals surface area (Å²) in [5, 5.41) is 6.78. The monoisotopic (exact) mass is 378 g/mol. The zero-order valence-corrected chi connectivity index (χ0v) is 14.8. The molecule has 18 heavy (non-hydrogen) atoms. The Morgan fingerprint density at radius 1 is 1.22 bits per heavy atom. The second kappa shape index (κ2) is 7.68. The molecular formula is C14H24Br2N2. The van der Waals surface area contributed by atoms with Crippen LogP contribution in [-0.4, -0.2) is 20.4 Å². The predicted octanol–water partition coefficient (Wildman–Crippen LogP) is 4.97. The lowest BCUT2D eigenvalue weighted by Crippen LogP contribution is -2.27. The molecule has 1 rings (SSSR count). The minimum atomic E-state index is 0.285. The highest BCUT2D eigenvalue weighted by atomic mass is 79.9. The summed E-state index contributed by atoms with van der Waals surface area (Å²) in [5.74, 6) is 0. The molecule has 0 aliphatic carbocycles. The molecule has 0 saturated carbocycles. The van der Waals surface area contributed by atoms with Crippen molar-refractivity contribution < 1.29 is 0 Å². The highest BCUT2D eigenvalue weighted by Crippen LogP contribution is 2.31. The van der Waals surface area contributed by atoms with Crippen LogP contribution in [0, 0.1) is 5.41 Å². The van der Waals surface area contributed by atoms with Crippen LogP contribution in [0.15, 0.2) is 12.3 Å². The van der Waals surface area contributed by atoms with Gasteiger partial charge in [-0.05, 0) is 37.2 Å². The predicted molar refractivity (Wildman–Crippen MR) is 85.9 cm³/mol. The summed E-state index contributed by atoms with van der Waals surface area (Å²) < 4.78 is 2.14. The molecule has 1 heterocycles. The summed E-state index contributed by atoms with van der Waals surface area (Å²) in [5.41, 5.74) is 1.50. The van der Waals surface area contributed by atoms with Gasteiger partial charge in [-0.1, -0.05) is 52.6 Å². The van der Waals surface area contributed by atoms with Gasteiger partial charge in [-0.25, -0.2) is 0 Å². The molecule has 0 aliphatic heterocycles. The Morgan fingerprint density at radius 3 is 2.28 bits per heavy atom. The van der Waals surface area contributed by atoms with Crippen molar-refractivity contribution in [2.75, 3.05) is 10.7 Å². The van der Waals surface area contributed by atoms with Crippen molar-refractivity contribution in [1.82, 2.24) is 9.78 Å². The lowest BCUT2D eigenvalue weighted by atomic mass is 9.85. The zero-order valence-electron chi connectivity index (χ0n) is 11.6. The summed E-state index contributed by atoms with van der Waals surface area (Å²) >= 11 is 7.30. The third kappa shape index (κ3) is 3.83. The van der Waals surface area contributed by atoms with Crippen molar-refractivity contribution in [3.63, 3.8) is 0 Å². The Bertz CT molecular complexity index is 333. The maximum atomic E-state index is 4.76. The summed E-state index contributed by atoms with van der Waals surface area (Å²) in [6, 6.07) is 2.72. The molecule has 4 heteroatoms. The van der Waals surface area contributed by atoms with Crippen LogP contribution < -0.4 is 0 Å². The van der Waals surface area contributed by atoms with E-state index in [4.69, 9.17) is 5.10 Å². The average molecular weight is 380 g/mol. The average Bonchev–Trinajstić information content (AvgIpc) is 2.86. The highest BCUT2D eigenvalue weighted by molar-refractivity contribution is 9.09. The van der Waals surface area contributed by atoms with Gasteiger partial charge in [-0.15, -0.1) is 0 Å². The van der Waals surface area contributed by atoms with Gasteiger partial charge < -0.3 is 0 Å². The molecule has 0 saturated heterocycles. The van der Waals surface area contributed by atoms with Crippen molar-refractivity contribution in [3.05, 3.63) is 18.0 Å². The molecular weight excluding hydrogens is 356 g/mol. The third-order valence-electron chi connectivity index (χ3n) is 3.85. The molecule has 0 fully saturated rings. The Hall–Kier alpha value is 0.170. The van der Waals surface area contributed by atoms with E-state index in [1.165, 1.54) is 5.69 Å². The van der Waals surface area contributed by atoms with Crippen LogP contribution >= 0.6 is 31.9 Å². The third-order valence-corrected chi connectivity index (χ3v) is 6.23. The van der Waals surface area contributed by atoms with Gasteiger partial charge in [0.25, 0.3) is 0 Å². The van der Waals surface area contributed by atoms with Crippen molar-refractivity contribution in [3.8, 4) is 0 Å².